The zero-order valence-electron chi connectivity index (χ0n) is 14.8. The standard InChI is InChI=1S/C17H25N5OS2/c1-11(2)6-8-20-16(18)22-17-21-14(10-24-17)15-5-4-13(25-15)7-9-19-12(3)23/h4-5,10-11H,6-9H2,1-3H3,(H,19,23)(H3,18,20,21,22). The molecule has 2 rings (SSSR count). The summed E-state index contributed by atoms with van der Waals surface area (Å²) in [6.45, 7) is 7.34. The molecule has 0 aliphatic rings. The molecule has 2 aromatic heterocycles. The van der Waals surface area contributed by atoms with Gasteiger partial charge in [-0.1, -0.05) is 13.8 Å². The van der Waals surface area contributed by atoms with E-state index in [9.17, 15) is 4.79 Å². The minimum atomic E-state index is -0.00150. The Hall–Kier alpha value is -1.93. The Labute approximate surface area is 156 Å². The second kappa shape index (κ2) is 9.53. The van der Waals surface area contributed by atoms with Gasteiger partial charge in [-0.25, -0.2) is 4.98 Å². The van der Waals surface area contributed by atoms with Gasteiger partial charge in [0.25, 0.3) is 0 Å². The van der Waals surface area contributed by atoms with Crippen molar-refractivity contribution in [2.24, 2.45) is 16.6 Å². The molecule has 0 fully saturated rings. The van der Waals surface area contributed by atoms with E-state index in [1.807, 2.05) is 5.38 Å². The third-order valence-electron chi connectivity index (χ3n) is 3.40. The van der Waals surface area contributed by atoms with E-state index in [0.717, 1.165) is 30.0 Å². The maximum absolute atomic E-state index is 10.9. The number of amides is 1. The molecular formula is C17H25N5OS2. The lowest BCUT2D eigenvalue weighted by atomic mass is 10.1. The van der Waals surface area contributed by atoms with Crippen LogP contribution in [0, 0.1) is 5.92 Å². The Morgan fingerprint density at radius 2 is 2.12 bits per heavy atom. The summed E-state index contributed by atoms with van der Waals surface area (Å²) in [6.07, 6.45) is 1.88. The predicted molar refractivity (Wildman–Crippen MR) is 107 cm³/mol. The molecule has 0 radical (unpaired) electrons. The van der Waals surface area contributed by atoms with Crippen molar-refractivity contribution < 1.29 is 4.79 Å². The summed E-state index contributed by atoms with van der Waals surface area (Å²) in [7, 11) is 0. The first kappa shape index (κ1) is 19.4. The van der Waals surface area contributed by atoms with Gasteiger partial charge in [0.15, 0.2) is 5.96 Å². The second-order valence-corrected chi connectivity index (χ2v) is 8.13. The van der Waals surface area contributed by atoms with Gasteiger partial charge in [-0.15, -0.1) is 22.7 Å². The topological polar surface area (TPSA) is 92.4 Å². The fourth-order valence-corrected chi connectivity index (χ4v) is 3.81. The van der Waals surface area contributed by atoms with Crippen LogP contribution < -0.4 is 16.4 Å². The number of thiazole rings is 1. The molecule has 25 heavy (non-hydrogen) atoms. The zero-order chi connectivity index (χ0) is 18.2. The van der Waals surface area contributed by atoms with Crippen LogP contribution in [-0.2, 0) is 11.2 Å². The average molecular weight is 380 g/mol. The number of carbonyl (C=O) groups is 1. The third-order valence-corrected chi connectivity index (χ3v) is 5.30. The van der Waals surface area contributed by atoms with Gasteiger partial charge >= 0.3 is 0 Å². The number of carbonyl (C=O) groups excluding carboxylic acids is 1. The molecule has 136 valence electrons. The lowest BCUT2D eigenvalue weighted by Gasteiger charge is -2.06. The van der Waals surface area contributed by atoms with Gasteiger partial charge in [0.2, 0.25) is 11.0 Å². The minimum absolute atomic E-state index is 0.00150. The molecule has 0 aromatic carbocycles. The van der Waals surface area contributed by atoms with Crippen LogP contribution in [0.5, 0.6) is 0 Å². The summed E-state index contributed by atoms with van der Waals surface area (Å²) in [5, 5.41) is 8.56. The Bertz CT molecular complexity index is 720. The SMILES string of the molecule is CC(=O)NCCc1ccc(-c2csc(/N=C(\N)NCCC(C)C)n2)s1. The van der Waals surface area contributed by atoms with Crippen LogP contribution in [0.25, 0.3) is 10.6 Å². The number of hydrogen-bond acceptors (Lipinski definition) is 5. The second-order valence-electron chi connectivity index (χ2n) is 6.12. The molecule has 8 heteroatoms. The molecular weight excluding hydrogens is 354 g/mol. The number of nitrogens with one attached hydrogen (secondary N) is 2. The third kappa shape index (κ3) is 6.83. The highest BCUT2D eigenvalue weighted by Gasteiger charge is 2.08. The summed E-state index contributed by atoms with van der Waals surface area (Å²) in [6, 6.07) is 4.13. The molecule has 0 aliphatic carbocycles. The van der Waals surface area contributed by atoms with Gasteiger partial charge in [-0.3, -0.25) is 4.79 Å². The zero-order valence-corrected chi connectivity index (χ0v) is 16.5. The summed E-state index contributed by atoms with van der Waals surface area (Å²) in [5.41, 5.74) is 6.81. The van der Waals surface area contributed by atoms with E-state index in [1.54, 1.807) is 11.3 Å². The van der Waals surface area contributed by atoms with Crippen LogP contribution in [0.2, 0.25) is 0 Å². The maximum atomic E-state index is 10.9. The van der Waals surface area contributed by atoms with E-state index in [1.165, 1.54) is 23.1 Å². The lowest BCUT2D eigenvalue weighted by Crippen LogP contribution is -2.32. The van der Waals surface area contributed by atoms with Crippen molar-refractivity contribution in [3.8, 4) is 10.6 Å². The van der Waals surface area contributed by atoms with E-state index in [2.05, 4.69) is 46.6 Å². The summed E-state index contributed by atoms with van der Waals surface area (Å²) < 4.78 is 0. The first-order valence-corrected chi connectivity index (χ1v) is 10.0. The van der Waals surface area contributed by atoms with E-state index < -0.39 is 0 Å². The first-order chi connectivity index (χ1) is 11.9. The molecule has 0 bridgehead atoms. The number of aromatic nitrogens is 1. The van der Waals surface area contributed by atoms with Crippen molar-refractivity contribution in [3.05, 3.63) is 22.4 Å². The van der Waals surface area contributed by atoms with Gasteiger partial charge in [0.1, 0.15) is 0 Å². The highest BCUT2D eigenvalue weighted by Crippen LogP contribution is 2.31. The van der Waals surface area contributed by atoms with Gasteiger partial charge in [0.05, 0.1) is 10.6 Å². The van der Waals surface area contributed by atoms with Gasteiger partial charge < -0.3 is 16.4 Å². The quantitative estimate of drug-likeness (QED) is 0.485. The van der Waals surface area contributed by atoms with E-state index >= 15 is 0 Å². The number of aliphatic imine (C=N–C) groups is 1. The number of nitrogens with two attached hydrogens (primary N) is 1. The number of hydrogen-bond donors (Lipinski definition) is 3. The van der Waals surface area contributed by atoms with Crippen LogP contribution >= 0.6 is 22.7 Å². The molecule has 0 atom stereocenters. The Balaban J connectivity index is 1.92. The normalized spacial score (nSPS) is 11.8. The highest BCUT2D eigenvalue weighted by atomic mass is 32.1. The minimum Gasteiger partial charge on any atom is -0.370 e. The van der Waals surface area contributed by atoms with Crippen molar-refractivity contribution >= 4 is 39.7 Å². The Morgan fingerprint density at radius 3 is 2.84 bits per heavy atom. The van der Waals surface area contributed by atoms with Crippen molar-refractivity contribution in [1.82, 2.24) is 15.6 Å². The van der Waals surface area contributed by atoms with E-state index in [-0.39, 0.29) is 5.91 Å². The van der Waals surface area contributed by atoms with Crippen molar-refractivity contribution in [3.63, 3.8) is 0 Å². The summed E-state index contributed by atoms with van der Waals surface area (Å²) in [5.74, 6) is 1.03. The number of thiophene rings is 1. The van der Waals surface area contributed by atoms with Crippen molar-refractivity contribution in [2.75, 3.05) is 13.1 Å². The summed E-state index contributed by atoms with van der Waals surface area (Å²) >= 11 is 3.16. The average Bonchev–Trinajstić information content (AvgIpc) is 3.15. The molecule has 0 aliphatic heterocycles. The molecule has 6 nitrogen and oxygen atoms in total. The van der Waals surface area contributed by atoms with Crippen LogP contribution in [0.3, 0.4) is 0 Å². The fourth-order valence-electron chi connectivity index (χ4n) is 2.07. The molecule has 0 saturated carbocycles. The van der Waals surface area contributed by atoms with Crippen LogP contribution in [0.1, 0.15) is 32.1 Å². The van der Waals surface area contributed by atoms with Crippen LogP contribution in [0.15, 0.2) is 22.5 Å². The molecule has 2 aromatic rings. The Morgan fingerprint density at radius 1 is 1.32 bits per heavy atom. The monoisotopic (exact) mass is 379 g/mol. The Kier molecular flexibility index (Phi) is 7.39. The van der Waals surface area contributed by atoms with E-state index in [4.69, 9.17) is 5.73 Å². The molecule has 4 N–H and O–H groups in total. The predicted octanol–water partition coefficient (Wildman–Crippen LogP) is 3.13. The number of guanidine groups is 1. The largest absolute Gasteiger partial charge is 0.370 e. The number of nitrogens with zero attached hydrogens (tertiary/aromatic N) is 2. The van der Waals surface area contributed by atoms with Crippen LogP contribution in [0.4, 0.5) is 5.13 Å². The van der Waals surface area contributed by atoms with Crippen molar-refractivity contribution in [1.29, 1.82) is 0 Å². The fraction of sp³-hybridized carbons (Fsp3) is 0.471. The number of rotatable bonds is 8. The first-order valence-electron chi connectivity index (χ1n) is 8.31. The molecule has 0 saturated heterocycles. The summed E-state index contributed by atoms with van der Waals surface area (Å²) in [4.78, 5) is 22.1. The van der Waals surface area contributed by atoms with Crippen molar-refractivity contribution in [2.45, 2.75) is 33.6 Å². The molecule has 0 spiro atoms. The van der Waals surface area contributed by atoms with Gasteiger partial charge in [0, 0.05) is 30.3 Å². The maximum Gasteiger partial charge on any atom is 0.216 e. The van der Waals surface area contributed by atoms with Gasteiger partial charge in [-0.2, -0.15) is 4.99 Å². The molecule has 0 unspecified atom stereocenters. The molecule has 1 amide bonds. The van der Waals surface area contributed by atoms with Gasteiger partial charge in [-0.05, 0) is 30.9 Å². The van der Waals surface area contributed by atoms with E-state index in [0.29, 0.717) is 23.6 Å². The lowest BCUT2D eigenvalue weighted by molar-refractivity contribution is -0.118. The van der Waals surface area contributed by atoms with Crippen LogP contribution in [-0.4, -0.2) is 29.9 Å². The highest BCUT2D eigenvalue weighted by molar-refractivity contribution is 7.16. The smallest absolute Gasteiger partial charge is 0.216 e. The molecule has 2 heterocycles.